The van der Waals surface area contributed by atoms with E-state index in [9.17, 15) is 4.79 Å². The van der Waals surface area contributed by atoms with E-state index in [1.807, 2.05) is 0 Å². The molecule has 0 aliphatic heterocycles. The maximum Gasteiger partial charge on any atom is 0.252 e. The van der Waals surface area contributed by atoms with Crippen LogP contribution in [0, 0.1) is 0 Å². The number of benzene rings is 1. The topological polar surface area (TPSA) is 65.2 Å². The number of carbonyl (C=O) groups excluding carboxylic acids is 1. The van der Waals surface area contributed by atoms with Crippen LogP contribution in [0.5, 0.6) is 11.5 Å². The highest BCUT2D eigenvalue weighted by molar-refractivity contribution is 6.31. The number of halogens is 1. The molecular formula is C12H9ClN2O2. The third-order valence-electron chi connectivity index (χ3n) is 2.11. The summed E-state index contributed by atoms with van der Waals surface area (Å²) < 4.78 is 5.53. The van der Waals surface area contributed by atoms with Gasteiger partial charge in [-0.2, -0.15) is 0 Å². The van der Waals surface area contributed by atoms with Crippen molar-refractivity contribution in [1.82, 2.24) is 4.98 Å². The van der Waals surface area contributed by atoms with E-state index in [1.165, 1.54) is 6.20 Å². The molecular weight excluding hydrogens is 240 g/mol. The molecule has 4 nitrogen and oxygen atoms in total. The van der Waals surface area contributed by atoms with Crippen LogP contribution in [0.3, 0.4) is 0 Å². The molecule has 1 aromatic heterocycles. The number of aromatic nitrogens is 1. The smallest absolute Gasteiger partial charge is 0.252 e. The fourth-order valence-corrected chi connectivity index (χ4v) is 1.48. The van der Waals surface area contributed by atoms with Crippen molar-refractivity contribution < 1.29 is 9.53 Å². The first kappa shape index (κ1) is 11.4. The molecule has 1 heterocycles. The van der Waals surface area contributed by atoms with Crippen LogP contribution in [0.25, 0.3) is 0 Å². The Labute approximate surface area is 103 Å². The molecule has 0 unspecified atom stereocenters. The van der Waals surface area contributed by atoms with Gasteiger partial charge in [0.05, 0.1) is 5.56 Å². The summed E-state index contributed by atoms with van der Waals surface area (Å²) in [5.74, 6) is 0.245. The Bertz CT molecular complexity index is 558. The average Bonchev–Trinajstić information content (AvgIpc) is 2.32. The zero-order chi connectivity index (χ0) is 12.3. The van der Waals surface area contributed by atoms with E-state index < -0.39 is 5.91 Å². The third-order valence-corrected chi connectivity index (χ3v) is 2.39. The van der Waals surface area contributed by atoms with Crippen LogP contribution in [-0.4, -0.2) is 10.9 Å². The first-order valence-electron chi connectivity index (χ1n) is 4.84. The molecule has 17 heavy (non-hydrogen) atoms. The van der Waals surface area contributed by atoms with Gasteiger partial charge in [-0.25, -0.2) is 0 Å². The lowest BCUT2D eigenvalue weighted by atomic mass is 10.2. The highest BCUT2D eigenvalue weighted by Gasteiger charge is 2.10. The summed E-state index contributed by atoms with van der Waals surface area (Å²) in [5.41, 5.74) is 5.55. The summed E-state index contributed by atoms with van der Waals surface area (Å²) >= 11 is 5.90. The minimum atomic E-state index is -0.550. The molecule has 0 saturated carbocycles. The largest absolute Gasteiger partial charge is 0.455 e. The van der Waals surface area contributed by atoms with Gasteiger partial charge in [-0.3, -0.25) is 9.78 Å². The van der Waals surface area contributed by atoms with E-state index in [0.717, 1.165) is 0 Å². The first-order valence-corrected chi connectivity index (χ1v) is 5.22. The van der Waals surface area contributed by atoms with Crippen LogP contribution in [-0.2, 0) is 0 Å². The number of hydrogen-bond acceptors (Lipinski definition) is 3. The highest BCUT2D eigenvalue weighted by atomic mass is 35.5. The number of carbonyl (C=O) groups is 1. The Morgan fingerprint density at radius 2 is 2.00 bits per heavy atom. The SMILES string of the molecule is NC(=O)c1ccccc1Oc1ccncc1Cl. The van der Waals surface area contributed by atoms with E-state index in [-0.39, 0.29) is 0 Å². The predicted octanol–water partition coefficient (Wildman–Crippen LogP) is 2.63. The van der Waals surface area contributed by atoms with Crippen molar-refractivity contribution in [1.29, 1.82) is 0 Å². The zero-order valence-electron chi connectivity index (χ0n) is 8.76. The number of ether oxygens (including phenoxy) is 1. The van der Waals surface area contributed by atoms with Gasteiger partial charge in [-0.1, -0.05) is 23.7 Å². The number of rotatable bonds is 3. The van der Waals surface area contributed by atoms with Gasteiger partial charge >= 0.3 is 0 Å². The van der Waals surface area contributed by atoms with Crippen molar-refractivity contribution in [2.24, 2.45) is 5.73 Å². The van der Waals surface area contributed by atoms with Crippen LogP contribution in [0.1, 0.15) is 10.4 Å². The average molecular weight is 249 g/mol. The van der Waals surface area contributed by atoms with Gasteiger partial charge in [0.2, 0.25) is 0 Å². The molecule has 5 heteroatoms. The minimum absolute atomic E-state index is 0.306. The molecule has 0 radical (unpaired) electrons. The number of hydrogen-bond donors (Lipinski definition) is 1. The summed E-state index contributed by atoms with van der Waals surface area (Å²) in [6.07, 6.45) is 3.01. The summed E-state index contributed by atoms with van der Waals surface area (Å²) in [5, 5.41) is 0.367. The van der Waals surface area contributed by atoms with Gasteiger partial charge in [0.1, 0.15) is 16.5 Å². The number of nitrogens with zero attached hydrogens (tertiary/aromatic N) is 1. The molecule has 0 fully saturated rings. The standard InChI is InChI=1S/C12H9ClN2O2/c13-9-7-15-6-5-11(9)17-10-4-2-1-3-8(10)12(14)16/h1-7H,(H2,14,16). The molecule has 0 bridgehead atoms. The van der Waals surface area contributed by atoms with E-state index in [1.54, 1.807) is 36.5 Å². The van der Waals surface area contributed by atoms with Crippen LogP contribution in [0.4, 0.5) is 0 Å². The Balaban J connectivity index is 2.37. The summed E-state index contributed by atoms with van der Waals surface area (Å²) in [4.78, 5) is 15.0. The van der Waals surface area contributed by atoms with E-state index in [0.29, 0.717) is 22.1 Å². The summed E-state index contributed by atoms with van der Waals surface area (Å²) in [6, 6.07) is 8.31. The number of nitrogens with two attached hydrogens (primary N) is 1. The minimum Gasteiger partial charge on any atom is -0.455 e. The van der Waals surface area contributed by atoms with Crippen molar-refractivity contribution in [2.45, 2.75) is 0 Å². The summed E-state index contributed by atoms with van der Waals surface area (Å²) in [7, 11) is 0. The van der Waals surface area contributed by atoms with Gasteiger partial charge < -0.3 is 10.5 Å². The van der Waals surface area contributed by atoms with Gasteiger partial charge in [0, 0.05) is 18.5 Å². The molecule has 2 aromatic rings. The maximum atomic E-state index is 11.2. The second-order valence-corrected chi connectivity index (χ2v) is 3.68. The molecule has 0 spiro atoms. The maximum absolute atomic E-state index is 11.2. The van der Waals surface area contributed by atoms with Gasteiger partial charge in [-0.05, 0) is 12.1 Å². The second kappa shape index (κ2) is 4.84. The highest BCUT2D eigenvalue weighted by Crippen LogP contribution is 2.29. The monoisotopic (exact) mass is 248 g/mol. The fourth-order valence-electron chi connectivity index (χ4n) is 1.32. The van der Waals surface area contributed by atoms with Crippen molar-refractivity contribution in [3.8, 4) is 11.5 Å². The van der Waals surface area contributed by atoms with Crippen molar-refractivity contribution >= 4 is 17.5 Å². The Hall–Kier alpha value is -2.07. The number of amides is 1. The lowest BCUT2D eigenvalue weighted by Crippen LogP contribution is -2.12. The van der Waals surface area contributed by atoms with Crippen LogP contribution < -0.4 is 10.5 Å². The van der Waals surface area contributed by atoms with Crippen molar-refractivity contribution in [3.63, 3.8) is 0 Å². The van der Waals surface area contributed by atoms with Crippen LogP contribution in [0.2, 0.25) is 5.02 Å². The molecule has 0 saturated heterocycles. The summed E-state index contributed by atoms with van der Waals surface area (Å²) in [6.45, 7) is 0. The lowest BCUT2D eigenvalue weighted by molar-refractivity contribution is 0.0998. The zero-order valence-corrected chi connectivity index (χ0v) is 9.52. The Morgan fingerprint density at radius 1 is 1.24 bits per heavy atom. The van der Waals surface area contributed by atoms with Crippen LogP contribution >= 0.6 is 11.6 Å². The van der Waals surface area contributed by atoms with Crippen molar-refractivity contribution in [3.05, 3.63) is 53.3 Å². The molecule has 0 atom stereocenters. The fraction of sp³-hybridized carbons (Fsp3) is 0. The van der Waals surface area contributed by atoms with Crippen LogP contribution in [0.15, 0.2) is 42.7 Å². The molecule has 0 aliphatic carbocycles. The van der Waals surface area contributed by atoms with E-state index >= 15 is 0 Å². The normalized spacial score (nSPS) is 9.94. The van der Waals surface area contributed by atoms with E-state index in [4.69, 9.17) is 22.1 Å². The molecule has 2 rings (SSSR count). The number of para-hydroxylation sites is 1. The Kier molecular flexibility index (Phi) is 3.25. The predicted molar refractivity (Wildman–Crippen MR) is 64.3 cm³/mol. The Morgan fingerprint density at radius 3 is 2.71 bits per heavy atom. The van der Waals surface area contributed by atoms with E-state index in [2.05, 4.69) is 4.98 Å². The van der Waals surface area contributed by atoms with Gasteiger partial charge in [0.15, 0.2) is 0 Å². The lowest BCUT2D eigenvalue weighted by Gasteiger charge is -2.09. The molecule has 1 aromatic carbocycles. The molecule has 86 valence electrons. The number of pyridine rings is 1. The molecule has 2 N–H and O–H groups in total. The second-order valence-electron chi connectivity index (χ2n) is 3.27. The molecule has 1 amide bonds. The molecule has 0 aliphatic rings. The third kappa shape index (κ3) is 2.54. The van der Waals surface area contributed by atoms with Crippen molar-refractivity contribution in [2.75, 3.05) is 0 Å². The quantitative estimate of drug-likeness (QED) is 0.908. The van der Waals surface area contributed by atoms with Gasteiger partial charge in [0.25, 0.3) is 5.91 Å². The number of primary amides is 1. The van der Waals surface area contributed by atoms with Gasteiger partial charge in [-0.15, -0.1) is 0 Å². The first-order chi connectivity index (χ1) is 8.18.